The molecule has 96 valence electrons. The molecule has 0 atom stereocenters. The summed E-state index contributed by atoms with van der Waals surface area (Å²) in [5.41, 5.74) is 0.949. The summed E-state index contributed by atoms with van der Waals surface area (Å²) < 4.78 is 3.86. The Kier molecular flexibility index (Phi) is 4.19. The number of hydrogen-bond acceptors (Lipinski definition) is 3. The van der Waals surface area contributed by atoms with E-state index in [1.165, 1.54) is 0 Å². The Labute approximate surface area is 122 Å². The molecule has 18 heavy (non-hydrogen) atoms. The fraction of sp³-hybridized carbons (Fsp3) is 0.333. The number of aliphatic hydroxyl groups is 1. The number of benzene rings is 1. The summed E-state index contributed by atoms with van der Waals surface area (Å²) in [6, 6.07) is 6.07. The summed E-state index contributed by atoms with van der Waals surface area (Å²) in [5.74, 6) is 1.33. The van der Waals surface area contributed by atoms with Crippen molar-refractivity contribution in [2.24, 2.45) is 0 Å². The molecule has 0 radical (unpaired) electrons. The molecule has 0 aliphatic carbocycles. The lowest BCUT2D eigenvalue weighted by Gasteiger charge is -2.14. The number of aliphatic hydroxyl groups excluding tert-OH is 1. The monoisotopic (exact) mass is 373 g/mol. The molecule has 0 spiro atoms. The lowest BCUT2D eigenvalue weighted by molar-refractivity contribution is 0.262. The number of halogens is 2. The first kappa shape index (κ1) is 13.7. The second kappa shape index (κ2) is 5.50. The van der Waals surface area contributed by atoms with Crippen LogP contribution in [0.1, 0.15) is 25.7 Å². The molecule has 2 rings (SSSR count). The molecule has 4 nitrogen and oxygen atoms in total. The minimum atomic E-state index is -0.114. The third-order valence-corrected chi connectivity index (χ3v) is 3.78. The molecule has 1 aromatic carbocycles. The van der Waals surface area contributed by atoms with Crippen LogP contribution >= 0.6 is 31.9 Å². The molecule has 2 aromatic rings. The molecular formula is C12H13Br2N3O. The molecule has 1 N–H and O–H groups in total. The van der Waals surface area contributed by atoms with Crippen molar-refractivity contribution in [2.45, 2.75) is 26.5 Å². The van der Waals surface area contributed by atoms with Crippen molar-refractivity contribution in [3.05, 3.63) is 33.0 Å². The average molecular weight is 375 g/mol. The van der Waals surface area contributed by atoms with Crippen LogP contribution in [0, 0.1) is 0 Å². The van der Waals surface area contributed by atoms with Crippen molar-refractivity contribution < 1.29 is 5.11 Å². The molecule has 0 saturated carbocycles. The van der Waals surface area contributed by atoms with E-state index in [1.807, 2.05) is 36.6 Å². The molecule has 0 saturated heterocycles. The van der Waals surface area contributed by atoms with Crippen LogP contribution < -0.4 is 0 Å². The van der Waals surface area contributed by atoms with E-state index >= 15 is 0 Å². The van der Waals surface area contributed by atoms with Gasteiger partial charge in [0.05, 0.1) is 0 Å². The highest BCUT2D eigenvalue weighted by atomic mass is 79.9. The normalized spacial score (nSPS) is 11.2. The van der Waals surface area contributed by atoms with Crippen molar-refractivity contribution in [3.63, 3.8) is 0 Å². The van der Waals surface area contributed by atoms with Crippen LogP contribution in [0.15, 0.2) is 27.1 Å². The summed E-state index contributed by atoms with van der Waals surface area (Å²) in [6.45, 7) is 3.96. The molecular weight excluding hydrogens is 362 g/mol. The SMILES string of the molecule is CC(C)n1c(CO)nnc1-c1cc(Br)ccc1Br. The predicted octanol–water partition coefficient (Wildman–Crippen LogP) is 3.54. The Morgan fingerprint density at radius 2 is 2.00 bits per heavy atom. The van der Waals surface area contributed by atoms with E-state index in [0.717, 1.165) is 20.3 Å². The van der Waals surface area contributed by atoms with Crippen molar-refractivity contribution in [3.8, 4) is 11.4 Å². The first-order valence-electron chi connectivity index (χ1n) is 5.54. The molecule has 6 heteroatoms. The maximum absolute atomic E-state index is 9.31. The zero-order valence-electron chi connectivity index (χ0n) is 10.1. The number of aromatic nitrogens is 3. The van der Waals surface area contributed by atoms with Gasteiger partial charge in [-0.2, -0.15) is 0 Å². The molecule has 0 bridgehead atoms. The van der Waals surface area contributed by atoms with Gasteiger partial charge in [0.1, 0.15) is 6.61 Å². The second-order valence-corrected chi connectivity index (χ2v) is 5.96. The molecule has 0 unspecified atom stereocenters. The van der Waals surface area contributed by atoms with E-state index in [-0.39, 0.29) is 12.6 Å². The van der Waals surface area contributed by atoms with Gasteiger partial charge in [-0.25, -0.2) is 0 Å². The summed E-state index contributed by atoms with van der Waals surface area (Å²) in [7, 11) is 0. The van der Waals surface area contributed by atoms with Crippen molar-refractivity contribution in [2.75, 3.05) is 0 Å². The third-order valence-electron chi connectivity index (χ3n) is 2.59. The lowest BCUT2D eigenvalue weighted by Crippen LogP contribution is -2.08. The summed E-state index contributed by atoms with van der Waals surface area (Å²) in [5, 5.41) is 17.5. The van der Waals surface area contributed by atoms with Crippen molar-refractivity contribution in [1.82, 2.24) is 14.8 Å². The van der Waals surface area contributed by atoms with Gasteiger partial charge in [0.15, 0.2) is 11.6 Å². The number of rotatable bonds is 3. The molecule has 1 heterocycles. The summed E-state index contributed by atoms with van der Waals surface area (Å²) in [6.07, 6.45) is 0. The standard InChI is InChI=1S/C12H13Br2N3O/c1-7(2)17-11(6-18)15-16-12(17)9-5-8(13)3-4-10(9)14/h3-5,7,18H,6H2,1-2H3. The second-order valence-electron chi connectivity index (χ2n) is 4.19. The van der Waals surface area contributed by atoms with Crippen LogP contribution in [-0.2, 0) is 6.61 Å². The first-order valence-corrected chi connectivity index (χ1v) is 7.13. The van der Waals surface area contributed by atoms with Crippen molar-refractivity contribution >= 4 is 31.9 Å². The van der Waals surface area contributed by atoms with Gasteiger partial charge >= 0.3 is 0 Å². The van der Waals surface area contributed by atoms with E-state index in [1.54, 1.807) is 0 Å². The van der Waals surface area contributed by atoms with Crippen LogP contribution in [0.5, 0.6) is 0 Å². The number of hydrogen-bond donors (Lipinski definition) is 1. The molecule has 0 amide bonds. The van der Waals surface area contributed by atoms with Gasteiger partial charge in [-0.1, -0.05) is 31.9 Å². The fourth-order valence-corrected chi connectivity index (χ4v) is 2.61. The van der Waals surface area contributed by atoms with E-state index in [2.05, 4.69) is 42.1 Å². The van der Waals surface area contributed by atoms with Crippen LogP contribution in [0.4, 0.5) is 0 Å². The molecule has 0 aliphatic heterocycles. The Hall–Kier alpha value is -0.720. The van der Waals surface area contributed by atoms with Crippen LogP contribution in [0.2, 0.25) is 0 Å². The van der Waals surface area contributed by atoms with Gasteiger partial charge in [-0.3, -0.25) is 0 Å². The van der Waals surface area contributed by atoms with Crippen LogP contribution in [-0.4, -0.2) is 19.9 Å². The largest absolute Gasteiger partial charge is 0.388 e. The minimum absolute atomic E-state index is 0.114. The molecule has 0 aliphatic rings. The van der Waals surface area contributed by atoms with Gasteiger partial charge in [-0.05, 0) is 32.0 Å². The summed E-state index contributed by atoms with van der Waals surface area (Å²) >= 11 is 6.97. The quantitative estimate of drug-likeness (QED) is 0.893. The third kappa shape index (κ3) is 2.50. The van der Waals surface area contributed by atoms with Gasteiger partial charge in [0.25, 0.3) is 0 Å². The number of nitrogens with zero attached hydrogens (tertiary/aromatic N) is 3. The Morgan fingerprint density at radius 3 is 2.61 bits per heavy atom. The minimum Gasteiger partial charge on any atom is -0.388 e. The van der Waals surface area contributed by atoms with E-state index in [4.69, 9.17) is 0 Å². The molecule has 0 fully saturated rings. The highest BCUT2D eigenvalue weighted by molar-refractivity contribution is 9.11. The van der Waals surface area contributed by atoms with E-state index < -0.39 is 0 Å². The van der Waals surface area contributed by atoms with Gasteiger partial charge in [0, 0.05) is 20.6 Å². The highest BCUT2D eigenvalue weighted by Gasteiger charge is 2.17. The topological polar surface area (TPSA) is 50.9 Å². The Bertz CT molecular complexity index is 566. The fourth-order valence-electron chi connectivity index (χ4n) is 1.83. The van der Waals surface area contributed by atoms with Gasteiger partial charge in [0.2, 0.25) is 0 Å². The van der Waals surface area contributed by atoms with E-state index in [9.17, 15) is 5.11 Å². The lowest BCUT2D eigenvalue weighted by atomic mass is 10.2. The van der Waals surface area contributed by atoms with Gasteiger partial charge in [-0.15, -0.1) is 10.2 Å². The zero-order chi connectivity index (χ0) is 13.3. The summed E-state index contributed by atoms with van der Waals surface area (Å²) in [4.78, 5) is 0. The van der Waals surface area contributed by atoms with Crippen LogP contribution in [0.25, 0.3) is 11.4 Å². The Balaban J connectivity index is 2.63. The maximum atomic E-state index is 9.31. The zero-order valence-corrected chi connectivity index (χ0v) is 13.2. The average Bonchev–Trinajstić information content (AvgIpc) is 2.75. The van der Waals surface area contributed by atoms with Crippen LogP contribution in [0.3, 0.4) is 0 Å². The maximum Gasteiger partial charge on any atom is 0.165 e. The van der Waals surface area contributed by atoms with Crippen molar-refractivity contribution in [1.29, 1.82) is 0 Å². The predicted molar refractivity (Wildman–Crippen MR) is 77.2 cm³/mol. The van der Waals surface area contributed by atoms with E-state index in [0.29, 0.717) is 5.82 Å². The Morgan fingerprint density at radius 1 is 1.28 bits per heavy atom. The smallest absolute Gasteiger partial charge is 0.165 e. The molecule has 1 aromatic heterocycles. The van der Waals surface area contributed by atoms with Gasteiger partial charge < -0.3 is 9.67 Å². The highest BCUT2D eigenvalue weighted by Crippen LogP contribution is 2.31. The first-order chi connectivity index (χ1) is 8.54.